The number of Topliss-reactive ketones (excluding diaryl/α,β-unsaturated/α-hetero) is 1. The molecule has 0 saturated carbocycles. The molecule has 0 spiro atoms. The number of likely N-dealkylation sites (tertiary alicyclic amines) is 1. The van der Waals surface area contributed by atoms with Crippen LogP contribution in [0.5, 0.6) is 5.75 Å². The Balaban J connectivity index is 1.35. The topological polar surface area (TPSA) is 93.1 Å². The van der Waals surface area contributed by atoms with Gasteiger partial charge in [0.15, 0.2) is 5.78 Å². The summed E-state index contributed by atoms with van der Waals surface area (Å²) in [7, 11) is 1.55. The highest BCUT2D eigenvalue weighted by molar-refractivity contribution is 6.09. The van der Waals surface area contributed by atoms with Crippen molar-refractivity contribution in [2.45, 2.75) is 59.0 Å². The maximum Gasteiger partial charge on any atom is 0.255 e. The fourth-order valence-corrected chi connectivity index (χ4v) is 6.18. The fraction of sp³-hybridized carbons (Fsp3) is 0.419. The van der Waals surface area contributed by atoms with Crippen LogP contribution in [0.2, 0.25) is 0 Å². The number of rotatable bonds is 9. The quantitative estimate of drug-likeness (QED) is 0.307. The van der Waals surface area contributed by atoms with E-state index in [2.05, 4.69) is 44.3 Å². The maximum atomic E-state index is 13.7. The van der Waals surface area contributed by atoms with Gasteiger partial charge in [0.2, 0.25) is 0 Å². The van der Waals surface area contributed by atoms with Gasteiger partial charge >= 0.3 is 0 Å². The van der Waals surface area contributed by atoms with Crippen molar-refractivity contribution in [3.63, 3.8) is 0 Å². The van der Waals surface area contributed by atoms with Crippen molar-refractivity contribution in [1.82, 2.24) is 24.4 Å². The molecule has 4 aromatic rings. The molecule has 1 saturated heterocycles. The Labute approximate surface area is 229 Å². The summed E-state index contributed by atoms with van der Waals surface area (Å²) >= 11 is 0. The van der Waals surface area contributed by atoms with Crippen molar-refractivity contribution < 1.29 is 9.53 Å². The average molecular weight is 528 g/mol. The lowest BCUT2D eigenvalue weighted by atomic mass is 9.89. The van der Waals surface area contributed by atoms with Gasteiger partial charge in [0.05, 0.1) is 18.4 Å². The molecule has 1 aliphatic heterocycles. The van der Waals surface area contributed by atoms with Crippen molar-refractivity contribution >= 4 is 16.7 Å². The van der Waals surface area contributed by atoms with Crippen LogP contribution in [-0.4, -0.2) is 50.4 Å². The summed E-state index contributed by atoms with van der Waals surface area (Å²) in [5.74, 6) is 1.10. The van der Waals surface area contributed by atoms with Crippen LogP contribution >= 0.6 is 0 Å². The largest absolute Gasteiger partial charge is 0.496 e. The Morgan fingerprint density at radius 2 is 1.95 bits per heavy atom. The highest BCUT2D eigenvalue weighted by Crippen LogP contribution is 2.36. The van der Waals surface area contributed by atoms with Crippen LogP contribution in [0.25, 0.3) is 10.9 Å². The molecule has 3 aromatic heterocycles. The number of benzene rings is 1. The van der Waals surface area contributed by atoms with Gasteiger partial charge in [-0.05, 0) is 77.2 Å². The van der Waals surface area contributed by atoms with Crippen molar-refractivity contribution in [2.24, 2.45) is 5.92 Å². The van der Waals surface area contributed by atoms with E-state index in [1.165, 1.54) is 0 Å². The number of aromatic nitrogens is 4. The number of fused-ring (bicyclic) bond motifs is 1. The number of nitrogens with zero attached hydrogens (tertiary/aromatic N) is 4. The molecule has 39 heavy (non-hydrogen) atoms. The number of pyridine rings is 1. The van der Waals surface area contributed by atoms with Crippen LogP contribution in [-0.2, 0) is 13.0 Å². The molecule has 5 rings (SSSR count). The van der Waals surface area contributed by atoms with E-state index in [4.69, 9.17) is 4.74 Å². The lowest BCUT2D eigenvalue weighted by Gasteiger charge is -2.36. The van der Waals surface area contributed by atoms with Gasteiger partial charge in [-0.25, -0.2) is 9.97 Å². The molecule has 1 aromatic carbocycles. The minimum absolute atomic E-state index is 0.0522. The molecule has 4 heterocycles. The predicted octanol–water partition coefficient (Wildman–Crippen LogP) is 5.03. The Kier molecular flexibility index (Phi) is 7.93. The Morgan fingerprint density at radius 3 is 2.67 bits per heavy atom. The second-order valence-corrected chi connectivity index (χ2v) is 10.7. The molecule has 0 aliphatic carbocycles. The molecule has 0 unspecified atom stereocenters. The summed E-state index contributed by atoms with van der Waals surface area (Å²) in [4.78, 5) is 39.9. The summed E-state index contributed by atoms with van der Waals surface area (Å²) in [6.07, 6.45) is 6.17. The third-order valence-electron chi connectivity index (χ3n) is 8.24. The SMILES string of the molecule is COc1cc(C)[nH]c(=O)c1CCC(=O)c1c(C)n([C@H](C)C2CCN(Cc3ccncn3)CC2)c2ccccc12. The van der Waals surface area contributed by atoms with Gasteiger partial charge in [0.25, 0.3) is 5.56 Å². The normalized spacial score (nSPS) is 15.5. The van der Waals surface area contributed by atoms with Crippen molar-refractivity contribution in [1.29, 1.82) is 0 Å². The lowest BCUT2D eigenvalue weighted by molar-refractivity contribution is 0.0983. The smallest absolute Gasteiger partial charge is 0.255 e. The van der Waals surface area contributed by atoms with E-state index in [0.29, 0.717) is 23.7 Å². The van der Waals surface area contributed by atoms with Gasteiger partial charge in [0, 0.05) is 53.1 Å². The number of ketones is 1. The number of carbonyl (C=O) groups is 1. The van der Waals surface area contributed by atoms with Gasteiger partial charge in [-0.1, -0.05) is 18.2 Å². The van der Waals surface area contributed by atoms with Crippen LogP contribution in [0.15, 0.2) is 53.7 Å². The second-order valence-electron chi connectivity index (χ2n) is 10.7. The molecule has 1 fully saturated rings. The van der Waals surface area contributed by atoms with E-state index >= 15 is 0 Å². The number of para-hydroxylation sites is 1. The summed E-state index contributed by atoms with van der Waals surface area (Å²) in [6.45, 7) is 9.07. The number of hydrogen-bond donors (Lipinski definition) is 1. The number of piperidine rings is 1. The molecule has 0 amide bonds. The third-order valence-corrected chi connectivity index (χ3v) is 8.24. The Bertz CT molecular complexity index is 1520. The van der Waals surface area contributed by atoms with E-state index in [1.54, 1.807) is 25.7 Å². The van der Waals surface area contributed by atoms with Crippen LogP contribution in [0.4, 0.5) is 0 Å². The first-order valence-corrected chi connectivity index (χ1v) is 13.7. The first-order valence-electron chi connectivity index (χ1n) is 13.7. The number of carbonyl (C=O) groups excluding carboxylic acids is 1. The molecular weight excluding hydrogens is 490 g/mol. The molecule has 1 atom stereocenters. The minimum atomic E-state index is -0.196. The highest BCUT2D eigenvalue weighted by Gasteiger charge is 2.29. The number of aromatic amines is 1. The number of aryl methyl sites for hydroxylation is 1. The van der Waals surface area contributed by atoms with Crippen LogP contribution < -0.4 is 10.3 Å². The Hall–Kier alpha value is -3.78. The molecule has 0 radical (unpaired) electrons. The molecule has 0 bridgehead atoms. The van der Waals surface area contributed by atoms with Crippen LogP contribution in [0, 0.1) is 19.8 Å². The molecule has 8 heteroatoms. The first kappa shape index (κ1) is 26.8. The summed E-state index contributed by atoms with van der Waals surface area (Å²) < 4.78 is 7.80. The van der Waals surface area contributed by atoms with Gasteiger partial charge in [-0.2, -0.15) is 0 Å². The fourth-order valence-electron chi connectivity index (χ4n) is 6.18. The van der Waals surface area contributed by atoms with Gasteiger partial charge in [0.1, 0.15) is 12.1 Å². The molecule has 1 N–H and O–H groups in total. The van der Waals surface area contributed by atoms with E-state index in [9.17, 15) is 9.59 Å². The van der Waals surface area contributed by atoms with Crippen molar-refractivity contribution in [2.75, 3.05) is 20.2 Å². The van der Waals surface area contributed by atoms with Gasteiger partial charge in [-0.3, -0.25) is 14.5 Å². The second kappa shape index (κ2) is 11.5. The summed E-state index contributed by atoms with van der Waals surface area (Å²) in [5.41, 5.74) is 4.97. The molecule has 204 valence electrons. The van der Waals surface area contributed by atoms with E-state index in [1.807, 2.05) is 31.2 Å². The van der Waals surface area contributed by atoms with E-state index in [0.717, 1.165) is 66.0 Å². The number of methoxy groups -OCH3 is 1. The summed E-state index contributed by atoms with van der Waals surface area (Å²) in [5, 5.41) is 0.984. The number of H-pyrrole nitrogens is 1. The molecule has 1 aliphatic rings. The van der Waals surface area contributed by atoms with Crippen LogP contribution in [0.3, 0.4) is 0 Å². The number of hydrogen-bond acceptors (Lipinski definition) is 6. The molecule has 8 nitrogen and oxygen atoms in total. The Morgan fingerprint density at radius 1 is 1.18 bits per heavy atom. The average Bonchev–Trinajstić information content (AvgIpc) is 3.24. The third kappa shape index (κ3) is 5.52. The standard InChI is InChI=1S/C31H37N5O3/c1-20-17-29(39-4)26(31(38)34-20)9-10-28(37)30-22(3)36(27-8-6-5-7-25(27)30)21(2)23-12-15-35(16-13-23)18-24-11-14-32-19-33-24/h5-8,11,14,17,19,21,23H,9-10,12-13,15-16,18H2,1-4H3,(H,34,38)/t21-/m1/s1. The van der Waals surface area contributed by atoms with Crippen molar-refractivity contribution in [3.05, 3.63) is 87.5 Å². The van der Waals surface area contributed by atoms with Crippen LogP contribution in [0.1, 0.15) is 65.2 Å². The summed E-state index contributed by atoms with van der Waals surface area (Å²) in [6, 6.07) is 12.2. The molecular formula is C31H37N5O3. The zero-order valence-electron chi connectivity index (χ0n) is 23.2. The number of ether oxygens (including phenoxy) is 1. The minimum Gasteiger partial charge on any atom is -0.496 e. The van der Waals surface area contributed by atoms with E-state index in [-0.39, 0.29) is 23.8 Å². The zero-order valence-corrected chi connectivity index (χ0v) is 23.2. The maximum absolute atomic E-state index is 13.7. The van der Waals surface area contributed by atoms with Gasteiger partial charge in [-0.15, -0.1) is 0 Å². The first-order chi connectivity index (χ1) is 18.9. The highest BCUT2D eigenvalue weighted by atomic mass is 16.5. The van der Waals surface area contributed by atoms with Gasteiger partial charge < -0.3 is 14.3 Å². The number of nitrogens with one attached hydrogen (secondary N) is 1. The van der Waals surface area contributed by atoms with Crippen molar-refractivity contribution in [3.8, 4) is 5.75 Å². The predicted molar refractivity (Wildman–Crippen MR) is 152 cm³/mol. The lowest BCUT2D eigenvalue weighted by Crippen LogP contribution is -2.36. The monoisotopic (exact) mass is 527 g/mol. The van der Waals surface area contributed by atoms with E-state index < -0.39 is 0 Å². The zero-order chi connectivity index (χ0) is 27.5.